The second kappa shape index (κ2) is 9.94. The number of carbonyl (C=O) groups is 1. The van der Waals surface area contributed by atoms with E-state index in [1.54, 1.807) is 24.1 Å². The molecule has 1 saturated heterocycles. The molecule has 6 nitrogen and oxygen atoms in total. The van der Waals surface area contributed by atoms with Gasteiger partial charge in [-0.3, -0.25) is 9.59 Å². The van der Waals surface area contributed by atoms with Crippen LogP contribution >= 0.6 is 0 Å². The SMILES string of the molecule is CN(Cc1cccc(=O)[nH]1)C(=O)c1ccc(C[C@@H]2CC[C@H]([C@H](O)c3ccccc3)N2)cc1. The minimum absolute atomic E-state index is 0.0568. The van der Waals surface area contributed by atoms with Gasteiger partial charge in [0.1, 0.15) is 0 Å². The molecule has 1 amide bonds. The molecule has 3 N–H and O–H groups in total. The maximum atomic E-state index is 12.7. The van der Waals surface area contributed by atoms with E-state index in [1.165, 1.54) is 6.07 Å². The van der Waals surface area contributed by atoms with Crippen molar-refractivity contribution in [1.29, 1.82) is 0 Å². The molecule has 6 heteroatoms. The molecule has 3 atom stereocenters. The average molecular weight is 432 g/mol. The summed E-state index contributed by atoms with van der Waals surface area (Å²) < 4.78 is 0. The van der Waals surface area contributed by atoms with Gasteiger partial charge in [-0.2, -0.15) is 0 Å². The lowest BCUT2D eigenvalue weighted by Crippen LogP contribution is -2.35. The summed E-state index contributed by atoms with van der Waals surface area (Å²) in [5, 5.41) is 14.2. The third-order valence-electron chi connectivity index (χ3n) is 6.06. The van der Waals surface area contributed by atoms with Crippen molar-refractivity contribution in [2.75, 3.05) is 7.05 Å². The lowest BCUT2D eigenvalue weighted by atomic mass is 10.0. The number of aliphatic hydroxyl groups is 1. The molecule has 1 aliphatic rings. The van der Waals surface area contributed by atoms with E-state index in [0.717, 1.165) is 30.4 Å². The number of nitrogens with zero attached hydrogens (tertiary/aromatic N) is 1. The van der Waals surface area contributed by atoms with Crippen LogP contribution in [-0.2, 0) is 13.0 Å². The normalized spacial score (nSPS) is 18.9. The summed E-state index contributed by atoms with van der Waals surface area (Å²) in [4.78, 5) is 28.5. The molecule has 3 aromatic rings. The van der Waals surface area contributed by atoms with Crippen molar-refractivity contribution in [3.8, 4) is 0 Å². The van der Waals surface area contributed by atoms with E-state index >= 15 is 0 Å². The maximum absolute atomic E-state index is 12.7. The number of aliphatic hydroxyl groups excluding tert-OH is 1. The van der Waals surface area contributed by atoms with Crippen molar-refractivity contribution in [2.45, 2.75) is 44.0 Å². The van der Waals surface area contributed by atoms with Crippen LogP contribution in [0.5, 0.6) is 0 Å². The number of H-pyrrole nitrogens is 1. The Hall–Kier alpha value is -3.22. The van der Waals surface area contributed by atoms with E-state index in [9.17, 15) is 14.7 Å². The Balaban J connectivity index is 1.32. The number of aromatic amines is 1. The fraction of sp³-hybridized carbons (Fsp3) is 0.308. The van der Waals surface area contributed by atoms with Crippen LogP contribution in [0.4, 0.5) is 0 Å². The van der Waals surface area contributed by atoms with Crippen LogP contribution in [0.25, 0.3) is 0 Å². The number of aromatic nitrogens is 1. The van der Waals surface area contributed by atoms with Crippen molar-refractivity contribution in [3.05, 3.63) is 106 Å². The van der Waals surface area contributed by atoms with Crippen LogP contribution in [0.2, 0.25) is 0 Å². The molecule has 166 valence electrons. The summed E-state index contributed by atoms with van der Waals surface area (Å²) in [5.41, 5.74) is 3.24. The van der Waals surface area contributed by atoms with Crippen LogP contribution in [0.3, 0.4) is 0 Å². The van der Waals surface area contributed by atoms with Crippen LogP contribution < -0.4 is 10.9 Å². The highest BCUT2D eigenvalue weighted by atomic mass is 16.3. The van der Waals surface area contributed by atoms with E-state index < -0.39 is 6.10 Å². The topological polar surface area (TPSA) is 85.4 Å². The minimum atomic E-state index is -0.503. The number of nitrogens with one attached hydrogen (secondary N) is 2. The first-order valence-electron chi connectivity index (χ1n) is 11.0. The summed E-state index contributed by atoms with van der Waals surface area (Å²) in [6, 6.07) is 22.8. The van der Waals surface area contributed by atoms with Gasteiger partial charge in [-0.25, -0.2) is 0 Å². The smallest absolute Gasteiger partial charge is 0.253 e. The van der Waals surface area contributed by atoms with Gasteiger partial charge in [0.25, 0.3) is 5.91 Å². The van der Waals surface area contributed by atoms with Gasteiger partial charge in [-0.1, -0.05) is 48.5 Å². The number of benzene rings is 2. The Kier molecular flexibility index (Phi) is 6.83. The molecule has 0 aliphatic carbocycles. The number of amides is 1. The summed E-state index contributed by atoms with van der Waals surface area (Å²) >= 11 is 0. The zero-order chi connectivity index (χ0) is 22.5. The second-order valence-electron chi connectivity index (χ2n) is 8.51. The van der Waals surface area contributed by atoms with Gasteiger partial charge in [-0.15, -0.1) is 0 Å². The highest BCUT2D eigenvalue weighted by molar-refractivity contribution is 5.94. The zero-order valence-corrected chi connectivity index (χ0v) is 18.2. The number of hydrogen-bond donors (Lipinski definition) is 3. The van der Waals surface area contributed by atoms with Crippen molar-refractivity contribution in [2.24, 2.45) is 0 Å². The molecular formula is C26H29N3O3. The van der Waals surface area contributed by atoms with Gasteiger partial charge in [-0.05, 0) is 48.6 Å². The first kappa shape index (κ1) is 22.0. The average Bonchev–Trinajstić information content (AvgIpc) is 3.27. The van der Waals surface area contributed by atoms with Gasteiger partial charge < -0.3 is 20.3 Å². The maximum Gasteiger partial charge on any atom is 0.253 e. The summed E-state index contributed by atoms with van der Waals surface area (Å²) in [6.45, 7) is 0.341. The summed E-state index contributed by atoms with van der Waals surface area (Å²) in [5.74, 6) is -0.0914. The number of hydrogen-bond acceptors (Lipinski definition) is 4. The van der Waals surface area contributed by atoms with Crippen molar-refractivity contribution < 1.29 is 9.90 Å². The molecule has 2 heterocycles. The third kappa shape index (κ3) is 5.33. The van der Waals surface area contributed by atoms with E-state index in [0.29, 0.717) is 23.8 Å². The molecule has 0 saturated carbocycles. The van der Waals surface area contributed by atoms with E-state index in [2.05, 4.69) is 10.3 Å². The first-order valence-corrected chi connectivity index (χ1v) is 11.0. The Morgan fingerprint density at radius 1 is 1.03 bits per heavy atom. The largest absolute Gasteiger partial charge is 0.387 e. The number of carbonyl (C=O) groups excluding carboxylic acids is 1. The van der Waals surface area contributed by atoms with E-state index in [1.807, 2.05) is 54.6 Å². The molecular weight excluding hydrogens is 402 g/mol. The van der Waals surface area contributed by atoms with Crippen LogP contribution in [-0.4, -0.2) is 40.0 Å². The minimum Gasteiger partial charge on any atom is -0.387 e. The van der Waals surface area contributed by atoms with E-state index in [4.69, 9.17) is 0 Å². The van der Waals surface area contributed by atoms with Crippen molar-refractivity contribution >= 4 is 5.91 Å². The van der Waals surface area contributed by atoms with Crippen LogP contribution in [0.15, 0.2) is 77.6 Å². The summed E-state index contributed by atoms with van der Waals surface area (Å²) in [7, 11) is 1.72. The lowest BCUT2D eigenvalue weighted by molar-refractivity contribution is 0.0783. The molecule has 1 aromatic heterocycles. The van der Waals surface area contributed by atoms with Crippen LogP contribution in [0.1, 0.15) is 46.1 Å². The predicted octanol–water partition coefficient (Wildman–Crippen LogP) is 3.04. The summed E-state index contributed by atoms with van der Waals surface area (Å²) in [6.07, 6.45) is 2.29. The van der Waals surface area contributed by atoms with Gasteiger partial charge >= 0.3 is 0 Å². The molecule has 0 bridgehead atoms. The quantitative estimate of drug-likeness (QED) is 0.537. The Labute approximate surface area is 187 Å². The molecule has 2 aromatic carbocycles. The monoisotopic (exact) mass is 431 g/mol. The van der Waals surface area contributed by atoms with Gasteiger partial charge in [0, 0.05) is 36.5 Å². The fourth-order valence-electron chi connectivity index (χ4n) is 4.34. The van der Waals surface area contributed by atoms with Crippen molar-refractivity contribution in [1.82, 2.24) is 15.2 Å². The first-order chi connectivity index (χ1) is 15.5. The van der Waals surface area contributed by atoms with Gasteiger partial charge in [0.05, 0.1) is 12.6 Å². The molecule has 32 heavy (non-hydrogen) atoms. The standard InChI is InChI=1S/C26H29N3O3/c1-29(17-22-8-5-9-24(30)28-22)26(32)20-12-10-18(11-13-20)16-21-14-15-23(27-21)25(31)19-6-3-2-4-7-19/h2-13,21,23,25,27,31H,14-17H2,1H3,(H,28,30)/t21-,23+,25+/m0/s1. The molecule has 1 fully saturated rings. The van der Waals surface area contributed by atoms with Crippen molar-refractivity contribution in [3.63, 3.8) is 0 Å². The Morgan fingerprint density at radius 3 is 2.50 bits per heavy atom. The molecule has 1 aliphatic heterocycles. The highest BCUT2D eigenvalue weighted by Gasteiger charge is 2.29. The molecule has 0 spiro atoms. The van der Waals surface area contributed by atoms with Crippen LogP contribution in [0, 0.1) is 0 Å². The van der Waals surface area contributed by atoms with E-state index in [-0.39, 0.29) is 17.5 Å². The van der Waals surface area contributed by atoms with Gasteiger partial charge in [0.2, 0.25) is 5.56 Å². The molecule has 0 unspecified atom stereocenters. The predicted molar refractivity (Wildman–Crippen MR) is 124 cm³/mol. The van der Waals surface area contributed by atoms with Gasteiger partial charge in [0.15, 0.2) is 0 Å². The fourth-order valence-corrected chi connectivity index (χ4v) is 4.34. The molecule has 4 rings (SSSR count). The third-order valence-corrected chi connectivity index (χ3v) is 6.06. The lowest BCUT2D eigenvalue weighted by Gasteiger charge is -2.20. The number of rotatable bonds is 7. The Morgan fingerprint density at radius 2 is 1.78 bits per heavy atom. The molecule has 0 radical (unpaired) electrons. The second-order valence-corrected chi connectivity index (χ2v) is 8.51. The highest BCUT2D eigenvalue weighted by Crippen LogP contribution is 2.26. The number of pyridine rings is 1. The zero-order valence-electron chi connectivity index (χ0n) is 18.2. The Bertz CT molecular complexity index is 1100.